The van der Waals surface area contributed by atoms with E-state index in [0.717, 1.165) is 14.9 Å². The second-order valence-electron chi connectivity index (χ2n) is 3.28. The number of carboxylic acids is 1. The molecule has 1 N–H and O–H groups in total. The molecule has 3 nitrogen and oxygen atoms in total. The van der Waals surface area contributed by atoms with E-state index in [-0.39, 0.29) is 6.61 Å². The Balaban J connectivity index is 2.31. The molecule has 1 aromatic carbocycles. The van der Waals surface area contributed by atoms with Gasteiger partial charge in [-0.15, -0.1) is 0 Å². The van der Waals surface area contributed by atoms with Crippen molar-refractivity contribution in [1.29, 1.82) is 0 Å². The van der Waals surface area contributed by atoms with E-state index in [1.807, 2.05) is 18.2 Å². The molecule has 1 heterocycles. The van der Waals surface area contributed by atoms with E-state index < -0.39 is 11.9 Å². The molecule has 0 aromatic heterocycles. The van der Waals surface area contributed by atoms with Gasteiger partial charge in [-0.25, -0.2) is 0 Å². The molecule has 14 heavy (non-hydrogen) atoms. The van der Waals surface area contributed by atoms with Crippen LogP contribution < -0.4 is 4.74 Å². The molecule has 0 saturated carbocycles. The van der Waals surface area contributed by atoms with Crippen molar-refractivity contribution in [2.24, 2.45) is 5.92 Å². The predicted molar refractivity (Wildman–Crippen MR) is 59.5 cm³/mol. The van der Waals surface area contributed by atoms with E-state index in [4.69, 9.17) is 9.84 Å². The molecule has 1 aliphatic heterocycles. The van der Waals surface area contributed by atoms with Crippen LogP contribution in [-0.2, 0) is 11.2 Å². The Kier molecular flexibility index (Phi) is 2.62. The summed E-state index contributed by atoms with van der Waals surface area (Å²) >= 11 is 2.20. The molecule has 4 heteroatoms. The van der Waals surface area contributed by atoms with Crippen LogP contribution in [0.25, 0.3) is 0 Å². The summed E-state index contributed by atoms with van der Waals surface area (Å²) in [4.78, 5) is 10.8. The van der Waals surface area contributed by atoms with Crippen molar-refractivity contribution in [1.82, 2.24) is 0 Å². The molecule has 0 amide bonds. The molecule has 0 fully saturated rings. The van der Waals surface area contributed by atoms with Crippen LogP contribution in [0.5, 0.6) is 5.75 Å². The lowest BCUT2D eigenvalue weighted by molar-refractivity contribution is -0.143. The van der Waals surface area contributed by atoms with Crippen molar-refractivity contribution in [3.8, 4) is 5.75 Å². The van der Waals surface area contributed by atoms with Crippen LogP contribution in [0.2, 0.25) is 0 Å². The van der Waals surface area contributed by atoms with Crippen LogP contribution in [-0.4, -0.2) is 17.7 Å². The first kappa shape index (κ1) is 9.76. The topological polar surface area (TPSA) is 46.5 Å². The Hall–Kier alpha value is -0.780. The zero-order valence-electron chi connectivity index (χ0n) is 7.37. The number of rotatable bonds is 1. The summed E-state index contributed by atoms with van der Waals surface area (Å²) < 4.78 is 6.49. The van der Waals surface area contributed by atoms with Crippen LogP contribution in [0, 0.1) is 9.49 Å². The summed E-state index contributed by atoms with van der Waals surface area (Å²) in [6.45, 7) is 0.280. The van der Waals surface area contributed by atoms with Gasteiger partial charge >= 0.3 is 5.97 Å². The highest BCUT2D eigenvalue weighted by molar-refractivity contribution is 14.1. The van der Waals surface area contributed by atoms with E-state index in [1.165, 1.54) is 0 Å². The minimum absolute atomic E-state index is 0.280. The molecule has 1 aliphatic rings. The second-order valence-corrected chi connectivity index (χ2v) is 4.44. The van der Waals surface area contributed by atoms with Gasteiger partial charge in [0, 0.05) is 0 Å². The molecule has 0 bridgehead atoms. The summed E-state index contributed by atoms with van der Waals surface area (Å²) in [5.74, 6) is -0.333. The number of carbonyl (C=O) groups is 1. The molecular formula is C10H9IO3. The Morgan fingerprint density at radius 3 is 3.07 bits per heavy atom. The maximum atomic E-state index is 10.8. The third kappa shape index (κ3) is 1.70. The van der Waals surface area contributed by atoms with Gasteiger partial charge in [-0.2, -0.15) is 0 Å². The van der Waals surface area contributed by atoms with E-state index in [1.54, 1.807) is 0 Å². The Labute approximate surface area is 95.2 Å². The molecule has 1 aromatic rings. The fourth-order valence-corrected chi connectivity index (χ4v) is 2.25. The first-order valence-corrected chi connectivity index (χ1v) is 5.39. The van der Waals surface area contributed by atoms with E-state index in [9.17, 15) is 4.79 Å². The number of fused-ring (bicyclic) bond motifs is 1. The van der Waals surface area contributed by atoms with E-state index in [0.29, 0.717) is 6.42 Å². The quantitative estimate of drug-likeness (QED) is 0.806. The molecule has 0 spiro atoms. The molecular weight excluding hydrogens is 295 g/mol. The van der Waals surface area contributed by atoms with Crippen molar-refractivity contribution in [2.75, 3.05) is 6.61 Å². The number of aliphatic carboxylic acids is 1. The number of hydrogen-bond donors (Lipinski definition) is 1. The van der Waals surface area contributed by atoms with Crippen LogP contribution in [0.4, 0.5) is 0 Å². The van der Waals surface area contributed by atoms with Gasteiger partial charge in [-0.3, -0.25) is 4.79 Å². The average molecular weight is 304 g/mol. The summed E-state index contributed by atoms with van der Waals surface area (Å²) in [5.41, 5.74) is 0.996. The van der Waals surface area contributed by atoms with Gasteiger partial charge < -0.3 is 9.84 Å². The molecule has 74 valence electrons. The fraction of sp³-hybridized carbons (Fsp3) is 0.300. The fourth-order valence-electron chi connectivity index (χ4n) is 1.54. The molecule has 0 radical (unpaired) electrons. The van der Waals surface area contributed by atoms with Crippen LogP contribution in [0.15, 0.2) is 18.2 Å². The van der Waals surface area contributed by atoms with Crippen LogP contribution >= 0.6 is 22.6 Å². The third-order valence-electron chi connectivity index (χ3n) is 2.29. The van der Waals surface area contributed by atoms with Gasteiger partial charge in [-0.1, -0.05) is 12.1 Å². The molecule has 2 rings (SSSR count). The van der Waals surface area contributed by atoms with Crippen molar-refractivity contribution in [2.45, 2.75) is 6.42 Å². The second kappa shape index (κ2) is 3.76. The number of para-hydroxylation sites is 1. The van der Waals surface area contributed by atoms with Gasteiger partial charge in [0.1, 0.15) is 12.4 Å². The van der Waals surface area contributed by atoms with Gasteiger partial charge in [0.2, 0.25) is 0 Å². The third-order valence-corrected chi connectivity index (χ3v) is 3.14. The monoisotopic (exact) mass is 304 g/mol. The maximum absolute atomic E-state index is 10.8. The van der Waals surface area contributed by atoms with Gasteiger partial charge in [0.15, 0.2) is 0 Å². The van der Waals surface area contributed by atoms with Crippen molar-refractivity contribution < 1.29 is 14.6 Å². The van der Waals surface area contributed by atoms with Crippen LogP contribution in [0.1, 0.15) is 5.56 Å². The summed E-state index contributed by atoms with van der Waals surface area (Å²) in [5, 5.41) is 8.85. The SMILES string of the molecule is O=C(O)[C@@H]1COc2c(I)cccc2C1. The van der Waals surface area contributed by atoms with E-state index in [2.05, 4.69) is 22.6 Å². The minimum atomic E-state index is -0.783. The van der Waals surface area contributed by atoms with E-state index >= 15 is 0 Å². The highest BCUT2D eigenvalue weighted by atomic mass is 127. The van der Waals surface area contributed by atoms with Gasteiger partial charge in [-0.05, 0) is 40.6 Å². The maximum Gasteiger partial charge on any atom is 0.310 e. The zero-order chi connectivity index (χ0) is 10.1. The lowest BCUT2D eigenvalue weighted by Gasteiger charge is -2.23. The Morgan fingerprint density at radius 2 is 2.36 bits per heavy atom. The summed E-state index contributed by atoms with van der Waals surface area (Å²) in [7, 11) is 0. The number of ether oxygens (including phenoxy) is 1. The first-order valence-electron chi connectivity index (χ1n) is 4.31. The lowest BCUT2D eigenvalue weighted by Crippen LogP contribution is -2.28. The standard InChI is InChI=1S/C10H9IO3/c11-8-3-1-2-6-4-7(10(12)13)5-14-9(6)8/h1-3,7H,4-5H2,(H,12,13)/t7-/m0/s1. The lowest BCUT2D eigenvalue weighted by atomic mass is 9.97. The largest absolute Gasteiger partial charge is 0.491 e. The van der Waals surface area contributed by atoms with Gasteiger partial charge in [0.25, 0.3) is 0 Å². The molecule has 1 atom stereocenters. The van der Waals surface area contributed by atoms with Crippen molar-refractivity contribution in [3.05, 3.63) is 27.3 Å². The molecule has 0 aliphatic carbocycles. The Bertz CT molecular complexity index is 376. The summed E-state index contributed by atoms with van der Waals surface area (Å²) in [6, 6.07) is 5.81. The normalized spacial score (nSPS) is 19.6. The highest BCUT2D eigenvalue weighted by Gasteiger charge is 2.26. The Morgan fingerprint density at radius 1 is 1.57 bits per heavy atom. The minimum Gasteiger partial charge on any atom is -0.491 e. The highest BCUT2D eigenvalue weighted by Crippen LogP contribution is 2.31. The molecule has 0 saturated heterocycles. The average Bonchev–Trinajstić information content (AvgIpc) is 2.17. The number of benzene rings is 1. The molecule has 0 unspecified atom stereocenters. The van der Waals surface area contributed by atoms with Gasteiger partial charge in [0.05, 0.1) is 9.49 Å². The van der Waals surface area contributed by atoms with Crippen LogP contribution in [0.3, 0.4) is 0 Å². The number of carboxylic acid groups (broad SMARTS) is 1. The predicted octanol–water partition coefficient (Wildman–Crippen LogP) is 1.93. The smallest absolute Gasteiger partial charge is 0.310 e. The first-order chi connectivity index (χ1) is 6.68. The summed E-state index contributed by atoms with van der Waals surface area (Å²) in [6.07, 6.45) is 0.571. The number of hydrogen-bond acceptors (Lipinski definition) is 2. The van der Waals surface area contributed by atoms with Crippen molar-refractivity contribution in [3.63, 3.8) is 0 Å². The number of halogens is 1. The van der Waals surface area contributed by atoms with Crippen molar-refractivity contribution >= 4 is 28.6 Å². The zero-order valence-corrected chi connectivity index (χ0v) is 9.52.